The summed E-state index contributed by atoms with van der Waals surface area (Å²) in [6.07, 6.45) is 0. The average Bonchev–Trinajstić information content (AvgIpc) is 2.26. The monoisotopic (exact) mass is 289 g/mol. The number of alkyl halides is 1. The summed E-state index contributed by atoms with van der Waals surface area (Å²) in [6, 6.07) is 3.36. The van der Waals surface area contributed by atoms with Crippen molar-refractivity contribution in [2.45, 2.75) is 13.0 Å². The van der Waals surface area contributed by atoms with Crippen molar-refractivity contribution < 1.29 is 14.3 Å². The van der Waals surface area contributed by atoms with Crippen molar-refractivity contribution in [3.63, 3.8) is 0 Å². The van der Waals surface area contributed by atoms with Gasteiger partial charge in [-0.2, -0.15) is 0 Å². The van der Waals surface area contributed by atoms with Crippen LogP contribution >= 0.6 is 15.9 Å². The van der Waals surface area contributed by atoms with Crippen LogP contribution < -0.4 is 0 Å². The Labute approximate surface area is 102 Å². The maximum atomic E-state index is 12.7. The smallest absolute Gasteiger partial charge is 0.257 e. The number of hydrogen-bond donors (Lipinski definition) is 1. The van der Waals surface area contributed by atoms with Crippen LogP contribution in [0.4, 0.5) is 4.39 Å². The van der Waals surface area contributed by atoms with E-state index >= 15 is 0 Å². The number of aromatic hydroxyl groups is 1. The molecule has 1 aromatic rings. The molecule has 0 aliphatic heterocycles. The van der Waals surface area contributed by atoms with Gasteiger partial charge in [-0.05, 0) is 19.1 Å². The van der Waals surface area contributed by atoms with E-state index in [0.29, 0.717) is 5.33 Å². The zero-order valence-corrected chi connectivity index (χ0v) is 10.7. The lowest BCUT2D eigenvalue weighted by Crippen LogP contribution is -2.36. The minimum Gasteiger partial charge on any atom is -0.507 e. The van der Waals surface area contributed by atoms with Crippen LogP contribution in [0.2, 0.25) is 0 Å². The van der Waals surface area contributed by atoms with Gasteiger partial charge in [0.05, 0.1) is 5.56 Å². The summed E-state index contributed by atoms with van der Waals surface area (Å²) in [5.41, 5.74) is 0.108. The van der Waals surface area contributed by atoms with E-state index in [-0.39, 0.29) is 23.3 Å². The molecule has 1 atom stereocenters. The Hall–Kier alpha value is -1.10. The molecule has 1 amide bonds. The number of rotatable bonds is 3. The third kappa shape index (κ3) is 2.72. The highest BCUT2D eigenvalue weighted by atomic mass is 79.9. The topological polar surface area (TPSA) is 40.5 Å². The number of phenolic OH excluding ortho intramolecular Hbond substituents is 1. The van der Waals surface area contributed by atoms with E-state index < -0.39 is 5.82 Å². The molecule has 0 saturated carbocycles. The molecule has 1 aromatic carbocycles. The quantitative estimate of drug-likeness (QED) is 0.868. The normalized spacial score (nSPS) is 12.2. The molecule has 1 rings (SSSR count). The van der Waals surface area contributed by atoms with Crippen molar-refractivity contribution in [2.75, 3.05) is 12.4 Å². The number of hydrogen-bond acceptors (Lipinski definition) is 2. The molecule has 0 aliphatic carbocycles. The summed E-state index contributed by atoms with van der Waals surface area (Å²) >= 11 is 3.27. The molecule has 0 bridgehead atoms. The van der Waals surface area contributed by atoms with Crippen molar-refractivity contribution in [1.29, 1.82) is 0 Å². The number of amides is 1. The van der Waals surface area contributed by atoms with Gasteiger partial charge in [0.1, 0.15) is 11.6 Å². The summed E-state index contributed by atoms with van der Waals surface area (Å²) in [7, 11) is 1.64. The summed E-state index contributed by atoms with van der Waals surface area (Å²) in [6.45, 7) is 1.87. The predicted molar refractivity (Wildman–Crippen MR) is 63.4 cm³/mol. The molecule has 1 N–H and O–H groups in total. The maximum Gasteiger partial charge on any atom is 0.257 e. The van der Waals surface area contributed by atoms with Gasteiger partial charge in [0.2, 0.25) is 0 Å². The fourth-order valence-electron chi connectivity index (χ4n) is 1.18. The van der Waals surface area contributed by atoms with E-state index in [0.717, 1.165) is 12.1 Å². The minimum atomic E-state index is -0.565. The third-order valence-electron chi connectivity index (χ3n) is 2.40. The van der Waals surface area contributed by atoms with Crippen LogP contribution in [0.5, 0.6) is 5.75 Å². The molecule has 0 spiro atoms. The van der Waals surface area contributed by atoms with Gasteiger partial charge >= 0.3 is 0 Å². The second kappa shape index (κ2) is 5.30. The van der Waals surface area contributed by atoms with Gasteiger partial charge in [0.15, 0.2) is 0 Å². The highest BCUT2D eigenvalue weighted by molar-refractivity contribution is 9.09. The number of nitrogens with zero attached hydrogens (tertiary/aromatic N) is 1. The maximum absolute atomic E-state index is 12.7. The van der Waals surface area contributed by atoms with Gasteiger partial charge in [-0.3, -0.25) is 4.79 Å². The molecule has 0 radical (unpaired) electrons. The first-order valence-electron chi connectivity index (χ1n) is 4.79. The Morgan fingerprint density at radius 3 is 2.75 bits per heavy atom. The molecule has 0 aliphatic rings. The van der Waals surface area contributed by atoms with E-state index in [1.165, 1.54) is 11.0 Å². The van der Waals surface area contributed by atoms with Crippen molar-refractivity contribution >= 4 is 21.8 Å². The second-order valence-electron chi connectivity index (χ2n) is 3.58. The molecule has 0 aromatic heterocycles. The van der Waals surface area contributed by atoms with E-state index in [1.54, 1.807) is 7.05 Å². The standard InChI is InChI=1S/C11H13BrFNO2/c1-7(6-12)14(2)11(16)9-4-3-8(13)5-10(9)15/h3-5,7,15H,6H2,1-2H3. The molecule has 0 saturated heterocycles. The molecule has 1 unspecified atom stereocenters. The van der Waals surface area contributed by atoms with Gasteiger partial charge in [-0.15, -0.1) is 0 Å². The largest absolute Gasteiger partial charge is 0.507 e. The minimum absolute atomic E-state index is 0.00282. The zero-order valence-electron chi connectivity index (χ0n) is 9.08. The number of benzene rings is 1. The Morgan fingerprint density at radius 2 is 2.25 bits per heavy atom. The fraction of sp³-hybridized carbons (Fsp3) is 0.364. The van der Waals surface area contributed by atoms with Gasteiger partial charge in [-0.25, -0.2) is 4.39 Å². The summed E-state index contributed by atoms with van der Waals surface area (Å²) in [4.78, 5) is 13.4. The Balaban J connectivity index is 2.96. The molecular formula is C11H13BrFNO2. The van der Waals surface area contributed by atoms with Crippen molar-refractivity contribution in [3.8, 4) is 5.75 Å². The van der Waals surface area contributed by atoms with Gasteiger partial charge < -0.3 is 10.0 Å². The average molecular weight is 290 g/mol. The van der Waals surface area contributed by atoms with Crippen LogP contribution in [-0.2, 0) is 0 Å². The van der Waals surface area contributed by atoms with Gasteiger partial charge in [0.25, 0.3) is 5.91 Å². The molecule has 0 heterocycles. The van der Waals surface area contributed by atoms with Crippen LogP contribution in [0.25, 0.3) is 0 Å². The molecular weight excluding hydrogens is 277 g/mol. The Morgan fingerprint density at radius 1 is 1.62 bits per heavy atom. The Bertz CT molecular complexity index is 398. The van der Waals surface area contributed by atoms with Crippen molar-refractivity contribution in [1.82, 2.24) is 4.90 Å². The lowest BCUT2D eigenvalue weighted by atomic mass is 10.1. The zero-order chi connectivity index (χ0) is 12.3. The van der Waals surface area contributed by atoms with Gasteiger partial charge in [0, 0.05) is 24.5 Å². The van der Waals surface area contributed by atoms with Crippen LogP contribution in [0.15, 0.2) is 18.2 Å². The summed E-state index contributed by atoms with van der Waals surface area (Å²) < 4.78 is 12.7. The predicted octanol–water partition coefficient (Wildman–Crippen LogP) is 2.39. The Kier molecular flexibility index (Phi) is 4.29. The summed E-state index contributed by atoms with van der Waals surface area (Å²) in [5, 5.41) is 10.1. The van der Waals surface area contributed by atoms with Gasteiger partial charge in [-0.1, -0.05) is 15.9 Å². The first-order chi connectivity index (χ1) is 7.47. The number of carbonyl (C=O) groups is 1. The fourth-order valence-corrected chi connectivity index (χ4v) is 1.61. The van der Waals surface area contributed by atoms with E-state index in [1.807, 2.05) is 6.92 Å². The van der Waals surface area contributed by atoms with Crippen LogP contribution in [0.1, 0.15) is 17.3 Å². The van der Waals surface area contributed by atoms with Crippen molar-refractivity contribution in [3.05, 3.63) is 29.6 Å². The van der Waals surface area contributed by atoms with Crippen LogP contribution in [-0.4, -0.2) is 34.3 Å². The van der Waals surface area contributed by atoms with E-state index in [9.17, 15) is 14.3 Å². The van der Waals surface area contributed by atoms with E-state index in [2.05, 4.69) is 15.9 Å². The van der Waals surface area contributed by atoms with Crippen LogP contribution in [0, 0.1) is 5.82 Å². The number of halogens is 2. The van der Waals surface area contributed by atoms with Crippen LogP contribution in [0.3, 0.4) is 0 Å². The molecule has 88 valence electrons. The molecule has 16 heavy (non-hydrogen) atoms. The SMILES string of the molecule is CC(CBr)N(C)C(=O)c1ccc(F)cc1O. The number of phenols is 1. The number of carbonyl (C=O) groups excluding carboxylic acids is 1. The lowest BCUT2D eigenvalue weighted by molar-refractivity contribution is 0.0755. The molecule has 3 nitrogen and oxygen atoms in total. The van der Waals surface area contributed by atoms with Crippen molar-refractivity contribution in [2.24, 2.45) is 0 Å². The lowest BCUT2D eigenvalue weighted by Gasteiger charge is -2.23. The highest BCUT2D eigenvalue weighted by Crippen LogP contribution is 2.20. The highest BCUT2D eigenvalue weighted by Gasteiger charge is 2.19. The first kappa shape index (κ1) is 13.0. The first-order valence-corrected chi connectivity index (χ1v) is 5.91. The second-order valence-corrected chi connectivity index (χ2v) is 4.23. The third-order valence-corrected chi connectivity index (χ3v) is 3.33. The van der Waals surface area contributed by atoms with E-state index in [4.69, 9.17) is 0 Å². The molecule has 5 heteroatoms. The molecule has 0 fully saturated rings. The summed E-state index contributed by atoms with van der Waals surface area (Å²) in [5.74, 6) is -1.23.